The standard InChI is InChI=1S/C10H8N2O/c13-12-7-8-3-4-10-9(6-8)2-1-5-11-10/h1-7,13H. The lowest BCUT2D eigenvalue weighted by Crippen LogP contribution is -1.82. The van der Waals surface area contributed by atoms with Crippen LogP contribution >= 0.6 is 0 Å². The van der Waals surface area contributed by atoms with Crippen molar-refractivity contribution in [1.29, 1.82) is 0 Å². The van der Waals surface area contributed by atoms with Gasteiger partial charge < -0.3 is 5.21 Å². The molecule has 0 aliphatic heterocycles. The summed E-state index contributed by atoms with van der Waals surface area (Å²) in [6, 6.07) is 9.52. The second-order valence-corrected chi connectivity index (χ2v) is 2.70. The van der Waals surface area contributed by atoms with E-state index in [1.54, 1.807) is 6.20 Å². The fourth-order valence-corrected chi connectivity index (χ4v) is 1.24. The van der Waals surface area contributed by atoms with Crippen LogP contribution < -0.4 is 0 Å². The molecular weight excluding hydrogens is 164 g/mol. The van der Waals surface area contributed by atoms with Crippen molar-refractivity contribution in [3.63, 3.8) is 0 Å². The second kappa shape index (κ2) is 3.23. The van der Waals surface area contributed by atoms with Crippen molar-refractivity contribution in [3.8, 4) is 0 Å². The van der Waals surface area contributed by atoms with E-state index in [1.165, 1.54) is 6.21 Å². The summed E-state index contributed by atoms with van der Waals surface area (Å²) in [5.74, 6) is 0. The normalized spacial score (nSPS) is 11.1. The van der Waals surface area contributed by atoms with Crippen LogP contribution in [0, 0.1) is 0 Å². The number of hydrogen-bond donors (Lipinski definition) is 1. The van der Waals surface area contributed by atoms with E-state index in [0.717, 1.165) is 16.5 Å². The number of fused-ring (bicyclic) bond motifs is 1. The Bertz CT molecular complexity index is 451. The Morgan fingerprint density at radius 1 is 1.31 bits per heavy atom. The number of rotatable bonds is 1. The third-order valence-electron chi connectivity index (χ3n) is 1.83. The molecule has 3 heteroatoms. The van der Waals surface area contributed by atoms with Gasteiger partial charge in [0, 0.05) is 11.6 Å². The molecule has 0 aliphatic carbocycles. The molecule has 1 N–H and O–H groups in total. The average Bonchev–Trinajstić information content (AvgIpc) is 2.18. The van der Waals surface area contributed by atoms with Crippen LogP contribution in [0.25, 0.3) is 10.9 Å². The molecule has 2 aromatic rings. The van der Waals surface area contributed by atoms with Gasteiger partial charge in [0.2, 0.25) is 0 Å². The zero-order valence-corrected chi connectivity index (χ0v) is 6.88. The Labute approximate surface area is 75.3 Å². The lowest BCUT2D eigenvalue weighted by molar-refractivity contribution is 0.322. The predicted molar refractivity (Wildman–Crippen MR) is 51.1 cm³/mol. The van der Waals surface area contributed by atoms with Gasteiger partial charge in [-0.1, -0.05) is 17.3 Å². The largest absolute Gasteiger partial charge is 0.411 e. The monoisotopic (exact) mass is 172 g/mol. The second-order valence-electron chi connectivity index (χ2n) is 2.70. The van der Waals surface area contributed by atoms with E-state index in [9.17, 15) is 0 Å². The van der Waals surface area contributed by atoms with Crippen LogP contribution in [0.3, 0.4) is 0 Å². The summed E-state index contributed by atoms with van der Waals surface area (Å²) in [6.07, 6.45) is 3.15. The third kappa shape index (κ3) is 1.49. The molecule has 0 saturated carbocycles. The molecule has 0 saturated heterocycles. The molecule has 0 spiro atoms. The number of nitrogens with zero attached hydrogens (tertiary/aromatic N) is 2. The minimum atomic E-state index is 0.864. The summed E-state index contributed by atoms with van der Waals surface area (Å²) >= 11 is 0. The SMILES string of the molecule is ON=Cc1ccc2ncccc2c1. The Kier molecular flexibility index (Phi) is 1.92. The highest BCUT2D eigenvalue weighted by Gasteiger charge is 1.93. The fourth-order valence-electron chi connectivity index (χ4n) is 1.24. The van der Waals surface area contributed by atoms with Gasteiger partial charge in [-0.25, -0.2) is 0 Å². The van der Waals surface area contributed by atoms with Gasteiger partial charge >= 0.3 is 0 Å². The van der Waals surface area contributed by atoms with Gasteiger partial charge in [-0.3, -0.25) is 4.98 Å². The first-order valence-corrected chi connectivity index (χ1v) is 3.92. The molecule has 0 unspecified atom stereocenters. The number of aromatic nitrogens is 1. The van der Waals surface area contributed by atoms with Crippen molar-refractivity contribution in [3.05, 3.63) is 42.1 Å². The van der Waals surface area contributed by atoms with Crippen LogP contribution in [0.5, 0.6) is 0 Å². The molecule has 0 amide bonds. The van der Waals surface area contributed by atoms with Gasteiger partial charge in [-0.15, -0.1) is 0 Å². The maximum absolute atomic E-state index is 8.35. The van der Waals surface area contributed by atoms with E-state index in [1.807, 2.05) is 30.3 Å². The van der Waals surface area contributed by atoms with E-state index in [-0.39, 0.29) is 0 Å². The number of pyridine rings is 1. The first kappa shape index (κ1) is 7.73. The number of oxime groups is 1. The first-order valence-electron chi connectivity index (χ1n) is 3.92. The Morgan fingerprint density at radius 3 is 3.08 bits per heavy atom. The van der Waals surface area contributed by atoms with Crippen LogP contribution in [-0.2, 0) is 0 Å². The van der Waals surface area contributed by atoms with Gasteiger partial charge in [-0.2, -0.15) is 0 Å². The van der Waals surface area contributed by atoms with Crippen LogP contribution in [0.15, 0.2) is 41.7 Å². The molecule has 2 rings (SSSR count). The van der Waals surface area contributed by atoms with E-state index >= 15 is 0 Å². The van der Waals surface area contributed by atoms with Gasteiger partial charge in [0.05, 0.1) is 11.7 Å². The fraction of sp³-hybridized carbons (Fsp3) is 0. The molecule has 0 radical (unpaired) electrons. The van der Waals surface area contributed by atoms with Crippen LogP contribution in [-0.4, -0.2) is 16.4 Å². The summed E-state index contributed by atoms with van der Waals surface area (Å²) in [4.78, 5) is 4.18. The topological polar surface area (TPSA) is 45.5 Å². The zero-order valence-electron chi connectivity index (χ0n) is 6.88. The quantitative estimate of drug-likeness (QED) is 0.406. The maximum Gasteiger partial charge on any atom is 0.0734 e. The molecule has 1 heterocycles. The summed E-state index contributed by atoms with van der Waals surface area (Å²) in [7, 11) is 0. The van der Waals surface area contributed by atoms with Crippen molar-refractivity contribution >= 4 is 17.1 Å². The molecule has 0 atom stereocenters. The van der Waals surface area contributed by atoms with Crippen LogP contribution in [0.2, 0.25) is 0 Å². The molecule has 13 heavy (non-hydrogen) atoms. The lowest BCUT2D eigenvalue weighted by atomic mass is 10.1. The van der Waals surface area contributed by atoms with E-state index in [0.29, 0.717) is 0 Å². The van der Waals surface area contributed by atoms with E-state index < -0.39 is 0 Å². The minimum Gasteiger partial charge on any atom is -0.411 e. The molecule has 0 fully saturated rings. The molecule has 64 valence electrons. The van der Waals surface area contributed by atoms with Crippen LogP contribution in [0.1, 0.15) is 5.56 Å². The van der Waals surface area contributed by atoms with Crippen molar-refractivity contribution in [2.24, 2.45) is 5.16 Å². The number of benzene rings is 1. The average molecular weight is 172 g/mol. The molecule has 0 aliphatic rings. The Balaban J connectivity index is 2.62. The van der Waals surface area contributed by atoms with Crippen molar-refractivity contribution in [2.45, 2.75) is 0 Å². The van der Waals surface area contributed by atoms with Gasteiger partial charge in [0.1, 0.15) is 0 Å². The molecule has 3 nitrogen and oxygen atoms in total. The molecule has 0 bridgehead atoms. The predicted octanol–water partition coefficient (Wildman–Crippen LogP) is 2.04. The first-order chi connectivity index (χ1) is 6.40. The number of hydrogen-bond acceptors (Lipinski definition) is 3. The Hall–Kier alpha value is -1.90. The van der Waals surface area contributed by atoms with Crippen molar-refractivity contribution < 1.29 is 5.21 Å². The third-order valence-corrected chi connectivity index (χ3v) is 1.83. The summed E-state index contributed by atoms with van der Waals surface area (Å²) in [5.41, 5.74) is 1.81. The van der Waals surface area contributed by atoms with Gasteiger partial charge in [0.25, 0.3) is 0 Å². The molecule has 1 aromatic carbocycles. The van der Waals surface area contributed by atoms with Crippen LogP contribution in [0.4, 0.5) is 0 Å². The highest BCUT2D eigenvalue weighted by atomic mass is 16.4. The lowest BCUT2D eigenvalue weighted by Gasteiger charge is -1.96. The smallest absolute Gasteiger partial charge is 0.0734 e. The van der Waals surface area contributed by atoms with E-state index in [4.69, 9.17) is 5.21 Å². The maximum atomic E-state index is 8.35. The van der Waals surface area contributed by atoms with E-state index in [2.05, 4.69) is 10.1 Å². The summed E-state index contributed by atoms with van der Waals surface area (Å²) < 4.78 is 0. The highest BCUT2D eigenvalue weighted by molar-refractivity contribution is 5.88. The highest BCUT2D eigenvalue weighted by Crippen LogP contribution is 2.11. The molecular formula is C10H8N2O. The Morgan fingerprint density at radius 2 is 2.23 bits per heavy atom. The molecule has 1 aromatic heterocycles. The van der Waals surface area contributed by atoms with Gasteiger partial charge in [-0.05, 0) is 23.8 Å². The van der Waals surface area contributed by atoms with Crippen molar-refractivity contribution in [2.75, 3.05) is 0 Å². The summed E-state index contributed by atoms with van der Waals surface area (Å²) in [6.45, 7) is 0. The summed E-state index contributed by atoms with van der Waals surface area (Å²) in [5, 5.41) is 12.4. The zero-order chi connectivity index (χ0) is 9.10. The van der Waals surface area contributed by atoms with Gasteiger partial charge in [0.15, 0.2) is 0 Å². The van der Waals surface area contributed by atoms with Crippen molar-refractivity contribution in [1.82, 2.24) is 4.98 Å². The minimum absolute atomic E-state index is 0.864.